The summed E-state index contributed by atoms with van der Waals surface area (Å²) in [5.74, 6) is -0.152. The summed E-state index contributed by atoms with van der Waals surface area (Å²) in [6, 6.07) is 22.1. The van der Waals surface area contributed by atoms with Crippen molar-refractivity contribution in [3.05, 3.63) is 90.0 Å². The van der Waals surface area contributed by atoms with Crippen LogP contribution in [0.4, 0.5) is 13.2 Å². The zero-order valence-corrected chi connectivity index (χ0v) is 22.7. The summed E-state index contributed by atoms with van der Waals surface area (Å²) in [5, 5.41) is 3.06. The van der Waals surface area contributed by atoms with Crippen LogP contribution in [0.5, 0.6) is 11.5 Å². The van der Waals surface area contributed by atoms with Gasteiger partial charge in [0.05, 0.1) is 35.0 Å². The molecule has 0 radical (unpaired) electrons. The SMILES string of the molecule is COc1ccc(OC(F)(F)F)cc1[C@H]1CO[C@]2(CC[C@@H]3N[C@@]2(c2ccccc2)C[C@H]3S(=O)(=O)c2ccccc2)C1. The van der Waals surface area contributed by atoms with E-state index in [1.54, 1.807) is 30.3 Å². The molecule has 3 fully saturated rings. The minimum Gasteiger partial charge on any atom is -0.496 e. The van der Waals surface area contributed by atoms with Crippen LogP contribution in [0.3, 0.4) is 0 Å². The molecule has 0 aliphatic carbocycles. The zero-order chi connectivity index (χ0) is 28.2. The van der Waals surface area contributed by atoms with Crippen molar-refractivity contribution in [1.82, 2.24) is 5.32 Å². The lowest BCUT2D eigenvalue weighted by Crippen LogP contribution is -2.62. The van der Waals surface area contributed by atoms with E-state index in [-0.39, 0.29) is 24.3 Å². The Hall–Kier alpha value is -3.08. The fraction of sp³-hybridized carbons (Fsp3) is 0.400. The van der Waals surface area contributed by atoms with E-state index in [2.05, 4.69) is 10.1 Å². The maximum absolute atomic E-state index is 13.9. The van der Waals surface area contributed by atoms with Gasteiger partial charge in [-0.15, -0.1) is 13.2 Å². The molecule has 40 heavy (non-hydrogen) atoms. The molecule has 6 nitrogen and oxygen atoms in total. The molecule has 5 atom stereocenters. The van der Waals surface area contributed by atoms with Crippen LogP contribution >= 0.6 is 0 Å². The van der Waals surface area contributed by atoms with Crippen molar-refractivity contribution in [2.45, 2.75) is 65.3 Å². The van der Waals surface area contributed by atoms with Crippen LogP contribution in [-0.4, -0.2) is 45.4 Å². The number of benzene rings is 3. The Morgan fingerprint density at radius 2 is 1.68 bits per heavy atom. The summed E-state index contributed by atoms with van der Waals surface area (Å²) in [6.45, 7) is 0.253. The number of hydrogen-bond donors (Lipinski definition) is 1. The second kappa shape index (κ2) is 9.78. The molecule has 3 aromatic rings. The van der Waals surface area contributed by atoms with E-state index in [4.69, 9.17) is 9.47 Å². The van der Waals surface area contributed by atoms with E-state index in [1.165, 1.54) is 25.3 Å². The van der Waals surface area contributed by atoms with E-state index in [0.29, 0.717) is 41.9 Å². The first-order chi connectivity index (χ1) is 19.1. The van der Waals surface area contributed by atoms with Crippen molar-refractivity contribution in [2.75, 3.05) is 13.7 Å². The number of rotatable bonds is 6. The fourth-order valence-corrected chi connectivity index (χ4v) is 9.06. The van der Waals surface area contributed by atoms with Gasteiger partial charge in [0.25, 0.3) is 0 Å². The van der Waals surface area contributed by atoms with Crippen molar-refractivity contribution < 1.29 is 35.8 Å². The molecule has 0 aromatic heterocycles. The minimum absolute atomic E-state index is 0.253. The normalized spacial score (nSPS) is 29.9. The Balaban J connectivity index is 1.39. The molecule has 1 N–H and O–H groups in total. The third kappa shape index (κ3) is 4.46. The number of ether oxygens (including phenoxy) is 3. The molecule has 3 aromatic carbocycles. The predicted octanol–water partition coefficient (Wildman–Crippen LogP) is 5.73. The Labute approximate surface area is 231 Å². The highest BCUT2D eigenvalue weighted by Crippen LogP contribution is 2.59. The maximum Gasteiger partial charge on any atom is 0.573 e. The van der Waals surface area contributed by atoms with Crippen LogP contribution in [0.1, 0.15) is 42.7 Å². The number of hydrogen-bond acceptors (Lipinski definition) is 6. The first-order valence-corrected chi connectivity index (χ1v) is 14.8. The second-order valence-corrected chi connectivity index (χ2v) is 13.0. The number of alkyl halides is 3. The number of methoxy groups -OCH3 is 1. The third-order valence-electron chi connectivity index (χ3n) is 8.77. The Morgan fingerprint density at radius 3 is 2.35 bits per heavy atom. The molecule has 1 spiro atoms. The lowest BCUT2D eigenvalue weighted by molar-refractivity contribution is -0.274. The van der Waals surface area contributed by atoms with Crippen LogP contribution in [0, 0.1) is 0 Å². The van der Waals surface area contributed by atoms with Crippen LogP contribution in [0.15, 0.2) is 83.8 Å². The monoisotopic (exact) mass is 573 g/mol. The molecule has 3 aliphatic rings. The van der Waals surface area contributed by atoms with Gasteiger partial charge in [-0.25, -0.2) is 8.42 Å². The van der Waals surface area contributed by atoms with Crippen molar-refractivity contribution in [1.29, 1.82) is 0 Å². The first-order valence-electron chi connectivity index (χ1n) is 13.3. The molecule has 212 valence electrons. The summed E-state index contributed by atoms with van der Waals surface area (Å²) in [4.78, 5) is 0.294. The first kappa shape index (κ1) is 27.1. The van der Waals surface area contributed by atoms with Gasteiger partial charge in [-0.1, -0.05) is 48.5 Å². The van der Waals surface area contributed by atoms with Crippen molar-refractivity contribution in [2.24, 2.45) is 0 Å². The van der Waals surface area contributed by atoms with Gasteiger partial charge in [0, 0.05) is 17.5 Å². The molecular formula is C30H30F3NO5S. The highest BCUT2D eigenvalue weighted by molar-refractivity contribution is 7.92. The summed E-state index contributed by atoms with van der Waals surface area (Å²) in [5.41, 5.74) is -0.0705. The average Bonchev–Trinajstić information content (AvgIpc) is 3.53. The zero-order valence-electron chi connectivity index (χ0n) is 21.9. The molecular weight excluding hydrogens is 543 g/mol. The van der Waals surface area contributed by atoms with Gasteiger partial charge >= 0.3 is 6.36 Å². The lowest BCUT2D eigenvalue weighted by atomic mass is 9.67. The molecule has 0 saturated carbocycles. The highest BCUT2D eigenvalue weighted by atomic mass is 32.2. The van der Waals surface area contributed by atoms with E-state index in [0.717, 1.165) is 5.56 Å². The number of fused-ring (bicyclic) bond motifs is 3. The van der Waals surface area contributed by atoms with Crippen LogP contribution < -0.4 is 14.8 Å². The Bertz CT molecular complexity index is 1480. The van der Waals surface area contributed by atoms with Gasteiger partial charge in [-0.05, 0) is 61.6 Å². The molecule has 6 rings (SSSR count). The molecule has 0 amide bonds. The Kier molecular flexibility index (Phi) is 6.63. The van der Waals surface area contributed by atoms with E-state index in [1.807, 2.05) is 30.3 Å². The van der Waals surface area contributed by atoms with E-state index in [9.17, 15) is 21.6 Å². The topological polar surface area (TPSA) is 73.9 Å². The van der Waals surface area contributed by atoms with Gasteiger partial charge < -0.3 is 19.5 Å². The molecule has 3 aliphatic heterocycles. The molecule has 3 heterocycles. The van der Waals surface area contributed by atoms with E-state index >= 15 is 0 Å². The lowest BCUT2D eigenvalue weighted by Gasteiger charge is -2.50. The molecule has 0 unspecified atom stereocenters. The fourth-order valence-electron chi connectivity index (χ4n) is 7.06. The maximum atomic E-state index is 13.9. The van der Waals surface area contributed by atoms with Crippen LogP contribution in [0.2, 0.25) is 0 Å². The smallest absolute Gasteiger partial charge is 0.496 e. The number of halogens is 3. The number of piperidine rings is 1. The summed E-state index contributed by atoms with van der Waals surface area (Å²) >= 11 is 0. The third-order valence-corrected chi connectivity index (χ3v) is 11.0. The summed E-state index contributed by atoms with van der Waals surface area (Å²) < 4.78 is 83.1. The quantitative estimate of drug-likeness (QED) is 0.406. The van der Waals surface area contributed by atoms with Gasteiger partial charge in [-0.2, -0.15) is 0 Å². The summed E-state index contributed by atoms with van der Waals surface area (Å²) in [7, 11) is -2.17. The minimum atomic E-state index is -4.82. The molecule has 3 saturated heterocycles. The molecule has 2 bridgehead atoms. The van der Waals surface area contributed by atoms with Crippen molar-refractivity contribution in [3.8, 4) is 11.5 Å². The van der Waals surface area contributed by atoms with Gasteiger partial charge in [0.15, 0.2) is 9.84 Å². The average molecular weight is 574 g/mol. The predicted molar refractivity (Wildman–Crippen MR) is 142 cm³/mol. The van der Waals surface area contributed by atoms with E-state index < -0.39 is 32.6 Å². The standard InChI is InChI=1S/C30H30F3NO5S/c1-37-26-13-12-22(39-30(31,32)33)16-24(26)20-17-28(38-19-20)15-14-25-27(40(35,36)23-10-6-3-7-11-23)18-29(28,34-25)21-8-4-2-5-9-21/h2-13,16,20,25,27,34H,14-15,17-19H2,1H3/t20-,25+,27-,28-,29-/m1/s1. The highest BCUT2D eigenvalue weighted by Gasteiger charge is 2.66. The number of nitrogens with one attached hydrogen (secondary N) is 1. The summed E-state index contributed by atoms with van der Waals surface area (Å²) in [6.07, 6.45) is -2.82. The van der Waals surface area contributed by atoms with Crippen LogP contribution in [-0.2, 0) is 20.1 Å². The van der Waals surface area contributed by atoms with Crippen molar-refractivity contribution >= 4 is 9.84 Å². The van der Waals surface area contributed by atoms with Crippen molar-refractivity contribution in [3.63, 3.8) is 0 Å². The van der Waals surface area contributed by atoms with Gasteiger partial charge in [0.2, 0.25) is 0 Å². The van der Waals surface area contributed by atoms with Crippen LogP contribution in [0.25, 0.3) is 0 Å². The Morgan fingerprint density at radius 1 is 0.975 bits per heavy atom. The van der Waals surface area contributed by atoms with Gasteiger partial charge in [0.1, 0.15) is 11.5 Å². The largest absolute Gasteiger partial charge is 0.573 e. The van der Waals surface area contributed by atoms with Gasteiger partial charge in [-0.3, -0.25) is 0 Å². The molecule has 10 heteroatoms. The second-order valence-electron chi connectivity index (χ2n) is 10.8. The number of sulfone groups is 1.